The third-order valence-corrected chi connectivity index (χ3v) is 5.92. The second-order valence-corrected chi connectivity index (χ2v) is 7.85. The Hall–Kier alpha value is -2.35. The highest BCUT2D eigenvalue weighted by Crippen LogP contribution is 2.35. The fourth-order valence-electron chi connectivity index (χ4n) is 2.89. The second kappa shape index (κ2) is 6.64. The number of rotatable bonds is 2. The van der Waals surface area contributed by atoms with Gasteiger partial charge in [0.1, 0.15) is 6.61 Å². The molecule has 2 aromatic rings. The van der Waals surface area contributed by atoms with Crippen LogP contribution in [0.5, 0.6) is 0 Å². The Morgan fingerprint density at radius 2 is 1.75 bits per heavy atom. The normalized spacial score (nSPS) is 15.7. The predicted octanol–water partition coefficient (Wildman–Crippen LogP) is 3.09. The molecule has 1 aliphatic rings. The highest BCUT2D eigenvalue weighted by atomic mass is 32.2. The van der Waals surface area contributed by atoms with Crippen LogP contribution in [0.1, 0.15) is 35.1 Å². The Labute approximate surface area is 142 Å². The number of benzene rings is 2. The lowest BCUT2D eigenvalue weighted by atomic mass is 9.88. The molecule has 3 rings (SSSR count). The standard InChI is InChI=1S/C20H18O3S/c1-2-24(22,23)17-12-11-16-10-9-15-6-3-4-7-18(15)19(8-5-13-21)20(16)14-17/h3-4,6-7,9-12,14,19,21H,2,13H2,1H3. The van der Waals surface area contributed by atoms with Gasteiger partial charge in [-0.05, 0) is 34.4 Å². The van der Waals surface area contributed by atoms with Crippen molar-refractivity contribution in [1.82, 2.24) is 0 Å². The van der Waals surface area contributed by atoms with Crippen molar-refractivity contribution in [2.24, 2.45) is 0 Å². The van der Waals surface area contributed by atoms with E-state index in [1.165, 1.54) is 0 Å². The molecular formula is C20H18O3S. The third-order valence-electron chi connectivity index (χ3n) is 4.18. The van der Waals surface area contributed by atoms with Crippen molar-refractivity contribution in [1.29, 1.82) is 0 Å². The molecule has 2 aromatic carbocycles. The van der Waals surface area contributed by atoms with E-state index in [4.69, 9.17) is 5.11 Å². The quantitative estimate of drug-likeness (QED) is 0.856. The summed E-state index contributed by atoms with van der Waals surface area (Å²) in [6, 6.07) is 13.1. The summed E-state index contributed by atoms with van der Waals surface area (Å²) in [5.41, 5.74) is 3.86. The van der Waals surface area contributed by atoms with Gasteiger partial charge in [0.2, 0.25) is 0 Å². The summed E-state index contributed by atoms with van der Waals surface area (Å²) >= 11 is 0. The van der Waals surface area contributed by atoms with Crippen LogP contribution in [0, 0.1) is 11.8 Å². The van der Waals surface area contributed by atoms with Crippen molar-refractivity contribution in [3.8, 4) is 11.8 Å². The minimum Gasteiger partial charge on any atom is -0.384 e. The summed E-state index contributed by atoms with van der Waals surface area (Å²) in [5.74, 6) is 5.60. The van der Waals surface area contributed by atoms with Gasteiger partial charge in [-0.3, -0.25) is 0 Å². The molecule has 0 aliphatic heterocycles. The summed E-state index contributed by atoms with van der Waals surface area (Å²) in [4.78, 5) is 0.312. The molecule has 1 unspecified atom stereocenters. The molecule has 0 amide bonds. The van der Waals surface area contributed by atoms with Crippen LogP contribution in [0.25, 0.3) is 12.2 Å². The Bertz CT molecular complexity index is 960. The highest BCUT2D eigenvalue weighted by molar-refractivity contribution is 7.91. The van der Waals surface area contributed by atoms with Crippen LogP contribution in [0.15, 0.2) is 47.4 Å². The zero-order valence-electron chi connectivity index (χ0n) is 13.4. The molecule has 0 heterocycles. The van der Waals surface area contributed by atoms with Crippen LogP contribution in [0.2, 0.25) is 0 Å². The maximum absolute atomic E-state index is 12.2. The average Bonchev–Trinajstić information content (AvgIpc) is 2.76. The van der Waals surface area contributed by atoms with Crippen molar-refractivity contribution in [2.45, 2.75) is 17.7 Å². The van der Waals surface area contributed by atoms with Crippen molar-refractivity contribution in [2.75, 3.05) is 12.4 Å². The zero-order valence-corrected chi connectivity index (χ0v) is 14.2. The van der Waals surface area contributed by atoms with Gasteiger partial charge in [-0.25, -0.2) is 8.42 Å². The first-order chi connectivity index (χ1) is 11.6. The van der Waals surface area contributed by atoms with Crippen LogP contribution in [-0.2, 0) is 9.84 Å². The Morgan fingerprint density at radius 1 is 1.04 bits per heavy atom. The fourth-order valence-corrected chi connectivity index (χ4v) is 3.81. The molecule has 1 atom stereocenters. The Kier molecular flexibility index (Phi) is 4.57. The molecule has 1 aliphatic carbocycles. The van der Waals surface area contributed by atoms with Gasteiger partial charge in [0.25, 0.3) is 0 Å². The summed E-state index contributed by atoms with van der Waals surface area (Å²) in [6.45, 7) is 1.41. The topological polar surface area (TPSA) is 54.4 Å². The smallest absolute Gasteiger partial charge is 0.178 e. The lowest BCUT2D eigenvalue weighted by molar-refractivity contribution is 0.350. The SMILES string of the molecule is CCS(=O)(=O)c1ccc2c(c1)C(C#CCO)c1ccccc1C=C2. The summed E-state index contributed by atoms with van der Waals surface area (Å²) in [5, 5.41) is 9.10. The molecule has 0 aromatic heterocycles. The van der Waals surface area contributed by atoms with E-state index in [1.54, 1.807) is 19.1 Å². The number of fused-ring (bicyclic) bond motifs is 2. The summed E-state index contributed by atoms with van der Waals surface area (Å²) < 4.78 is 24.5. The van der Waals surface area contributed by atoms with E-state index in [9.17, 15) is 8.42 Å². The second-order valence-electron chi connectivity index (χ2n) is 5.57. The number of aliphatic hydroxyl groups excluding tert-OH is 1. The minimum atomic E-state index is -3.29. The molecule has 24 heavy (non-hydrogen) atoms. The van der Waals surface area contributed by atoms with E-state index in [1.807, 2.05) is 42.5 Å². The van der Waals surface area contributed by atoms with Gasteiger partial charge in [-0.2, -0.15) is 0 Å². The molecule has 122 valence electrons. The van der Waals surface area contributed by atoms with Crippen LogP contribution in [-0.4, -0.2) is 25.9 Å². The van der Waals surface area contributed by atoms with E-state index in [2.05, 4.69) is 11.8 Å². The van der Waals surface area contributed by atoms with Crippen molar-refractivity contribution < 1.29 is 13.5 Å². The number of sulfone groups is 1. The first-order valence-corrected chi connectivity index (χ1v) is 9.45. The van der Waals surface area contributed by atoms with Gasteiger partial charge in [0, 0.05) is 0 Å². The molecule has 4 heteroatoms. The van der Waals surface area contributed by atoms with Crippen LogP contribution in [0.4, 0.5) is 0 Å². The van der Waals surface area contributed by atoms with E-state index in [-0.39, 0.29) is 18.3 Å². The molecule has 0 saturated carbocycles. The van der Waals surface area contributed by atoms with Gasteiger partial charge in [0.05, 0.1) is 16.6 Å². The molecule has 1 N–H and O–H groups in total. The van der Waals surface area contributed by atoms with Gasteiger partial charge in [-0.1, -0.05) is 61.2 Å². The maximum Gasteiger partial charge on any atom is 0.178 e. The minimum absolute atomic E-state index is 0.0607. The number of hydrogen-bond acceptors (Lipinski definition) is 3. The first-order valence-electron chi connectivity index (χ1n) is 7.80. The third kappa shape index (κ3) is 3.01. The van der Waals surface area contributed by atoms with E-state index >= 15 is 0 Å². The lowest BCUT2D eigenvalue weighted by Gasteiger charge is -2.16. The van der Waals surface area contributed by atoms with Gasteiger partial charge in [0.15, 0.2) is 9.84 Å². The monoisotopic (exact) mass is 338 g/mol. The summed E-state index contributed by atoms with van der Waals surface area (Å²) in [6.07, 6.45) is 4.00. The average molecular weight is 338 g/mol. The lowest BCUT2D eigenvalue weighted by Crippen LogP contribution is -2.07. The highest BCUT2D eigenvalue weighted by Gasteiger charge is 2.22. The number of aliphatic hydroxyl groups is 1. The van der Waals surface area contributed by atoms with Crippen LogP contribution < -0.4 is 0 Å². The van der Waals surface area contributed by atoms with E-state index in [0.29, 0.717) is 4.90 Å². The Morgan fingerprint density at radius 3 is 2.46 bits per heavy atom. The van der Waals surface area contributed by atoms with Crippen molar-refractivity contribution in [3.05, 3.63) is 64.7 Å². The first kappa shape index (κ1) is 16.5. The predicted molar refractivity (Wildman–Crippen MR) is 96.2 cm³/mol. The van der Waals surface area contributed by atoms with Gasteiger partial charge < -0.3 is 5.11 Å². The van der Waals surface area contributed by atoms with Crippen LogP contribution in [0.3, 0.4) is 0 Å². The molecule has 0 bridgehead atoms. The molecular weight excluding hydrogens is 320 g/mol. The Balaban J connectivity index is 2.26. The fraction of sp³-hybridized carbons (Fsp3) is 0.200. The van der Waals surface area contributed by atoms with Gasteiger partial charge in [-0.15, -0.1) is 0 Å². The largest absolute Gasteiger partial charge is 0.384 e. The molecule has 3 nitrogen and oxygen atoms in total. The van der Waals surface area contributed by atoms with E-state index in [0.717, 1.165) is 22.3 Å². The molecule has 0 saturated heterocycles. The molecule has 0 fully saturated rings. The van der Waals surface area contributed by atoms with Crippen LogP contribution >= 0.6 is 0 Å². The van der Waals surface area contributed by atoms with Crippen molar-refractivity contribution >= 4 is 22.0 Å². The van der Waals surface area contributed by atoms with Gasteiger partial charge >= 0.3 is 0 Å². The molecule has 0 spiro atoms. The summed E-state index contributed by atoms with van der Waals surface area (Å²) in [7, 11) is -3.29. The zero-order chi connectivity index (χ0) is 17.2. The molecule has 0 radical (unpaired) electrons. The maximum atomic E-state index is 12.2. The number of hydrogen-bond donors (Lipinski definition) is 1. The van der Waals surface area contributed by atoms with E-state index < -0.39 is 9.84 Å². The van der Waals surface area contributed by atoms with Crippen molar-refractivity contribution in [3.63, 3.8) is 0 Å².